The van der Waals surface area contributed by atoms with Gasteiger partial charge in [-0.3, -0.25) is 4.98 Å². The van der Waals surface area contributed by atoms with Gasteiger partial charge in [-0.25, -0.2) is 0 Å². The smallest absolute Gasteiger partial charge is 0.157 e. The lowest BCUT2D eigenvalue weighted by Crippen LogP contribution is -1.93. The zero-order chi connectivity index (χ0) is 40.9. The third kappa shape index (κ3) is 5.25. The minimum atomic E-state index is 0.608. The fourth-order valence-corrected chi connectivity index (χ4v) is 9.62. The van der Waals surface area contributed by atoms with Crippen molar-refractivity contribution in [1.29, 1.82) is 5.26 Å². The molecule has 0 spiro atoms. The van der Waals surface area contributed by atoms with Crippen LogP contribution < -0.4 is 0 Å². The van der Waals surface area contributed by atoms with E-state index in [1.807, 2.05) is 30.5 Å². The minimum absolute atomic E-state index is 0.608. The van der Waals surface area contributed by atoms with Crippen LogP contribution in [0.3, 0.4) is 0 Å². The van der Waals surface area contributed by atoms with Crippen molar-refractivity contribution in [1.82, 2.24) is 9.55 Å². The normalized spacial score (nSPS) is 12.0. The summed E-state index contributed by atoms with van der Waals surface area (Å²) in [5.41, 5.74) is 16.7. The van der Waals surface area contributed by atoms with Crippen LogP contribution >= 0.6 is 0 Å². The van der Waals surface area contributed by atoms with E-state index in [1.54, 1.807) is 6.07 Å². The van der Waals surface area contributed by atoms with E-state index in [9.17, 15) is 5.26 Å². The van der Waals surface area contributed by atoms with Crippen molar-refractivity contribution in [3.8, 4) is 34.0 Å². The Bertz CT molecular complexity index is 4010. The number of pyridine rings is 1. The molecule has 0 radical (unpaired) electrons. The van der Waals surface area contributed by atoms with Crippen molar-refractivity contribution in [2.24, 2.45) is 0 Å². The maximum Gasteiger partial charge on any atom is 0.157 e. The molecule has 0 saturated carbocycles. The lowest BCUT2D eigenvalue weighted by molar-refractivity contribution is 0.655. The van der Waals surface area contributed by atoms with E-state index in [0.29, 0.717) is 5.56 Å². The summed E-state index contributed by atoms with van der Waals surface area (Å²) < 4.78 is 21.6. The SMILES string of the molecule is N#Cc1ccc2oc3ccc(-c4ccc5oc6c(CCc7cccc8c7oc7ccc(-c9ccc%10c(c9)c9ccccc9n%10-c9ccccc9)cc78)ccnc6c5c4)cc3c2c1. The number of furan rings is 3. The molecule has 8 aromatic carbocycles. The van der Waals surface area contributed by atoms with Gasteiger partial charge in [0.2, 0.25) is 0 Å². The molecule has 6 heteroatoms. The molecule has 0 aliphatic rings. The minimum Gasteiger partial charge on any atom is -0.456 e. The van der Waals surface area contributed by atoms with E-state index in [1.165, 1.54) is 27.4 Å². The van der Waals surface area contributed by atoms with Crippen LogP contribution in [-0.4, -0.2) is 9.55 Å². The van der Waals surface area contributed by atoms with Gasteiger partial charge in [-0.2, -0.15) is 5.26 Å². The molecule has 0 amide bonds. The van der Waals surface area contributed by atoms with Gasteiger partial charge < -0.3 is 17.8 Å². The van der Waals surface area contributed by atoms with Crippen molar-refractivity contribution >= 4 is 87.8 Å². The predicted molar refractivity (Wildman–Crippen MR) is 250 cm³/mol. The number of benzene rings is 8. The molecule has 0 saturated heterocycles. The Morgan fingerprint density at radius 1 is 0.435 bits per heavy atom. The van der Waals surface area contributed by atoms with Crippen LogP contribution in [0.5, 0.6) is 0 Å². The molecular formula is C56H33N3O3. The number of hydrogen-bond donors (Lipinski definition) is 0. The van der Waals surface area contributed by atoms with Crippen LogP contribution in [0.25, 0.3) is 116 Å². The molecule has 0 aliphatic carbocycles. The summed E-state index contributed by atoms with van der Waals surface area (Å²) in [6.45, 7) is 0. The Balaban J connectivity index is 0.825. The average Bonchev–Trinajstić information content (AvgIpc) is 4.09. The zero-order valence-corrected chi connectivity index (χ0v) is 33.2. The molecule has 13 rings (SSSR count). The highest BCUT2D eigenvalue weighted by molar-refractivity contribution is 6.12. The van der Waals surface area contributed by atoms with E-state index in [2.05, 4.69) is 150 Å². The first-order valence-corrected chi connectivity index (χ1v) is 20.9. The maximum atomic E-state index is 9.50. The van der Waals surface area contributed by atoms with E-state index in [4.69, 9.17) is 18.2 Å². The topological polar surface area (TPSA) is 81.0 Å². The Hall–Kier alpha value is -8.40. The highest BCUT2D eigenvalue weighted by Crippen LogP contribution is 2.40. The van der Waals surface area contributed by atoms with Gasteiger partial charge >= 0.3 is 0 Å². The second kappa shape index (κ2) is 13.3. The van der Waals surface area contributed by atoms with Crippen molar-refractivity contribution < 1.29 is 13.3 Å². The summed E-state index contributed by atoms with van der Waals surface area (Å²) in [6.07, 6.45) is 3.42. The Morgan fingerprint density at radius 2 is 1.00 bits per heavy atom. The third-order valence-electron chi connectivity index (χ3n) is 12.6. The summed E-state index contributed by atoms with van der Waals surface area (Å²) in [7, 11) is 0. The molecule has 5 aromatic heterocycles. The van der Waals surface area contributed by atoms with Crippen LogP contribution in [0.2, 0.25) is 0 Å². The molecule has 0 aliphatic heterocycles. The van der Waals surface area contributed by atoms with E-state index < -0.39 is 0 Å². The van der Waals surface area contributed by atoms with Gasteiger partial charge in [0.15, 0.2) is 5.58 Å². The molecule has 13 aromatic rings. The van der Waals surface area contributed by atoms with Gasteiger partial charge in [-0.1, -0.05) is 78.9 Å². The number of aryl methyl sites for hydroxylation is 2. The monoisotopic (exact) mass is 795 g/mol. The predicted octanol–water partition coefficient (Wildman–Crippen LogP) is 14.9. The first-order valence-electron chi connectivity index (χ1n) is 20.9. The lowest BCUT2D eigenvalue weighted by atomic mass is 9.99. The Morgan fingerprint density at radius 3 is 1.77 bits per heavy atom. The maximum absolute atomic E-state index is 9.50. The highest BCUT2D eigenvalue weighted by Gasteiger charge is 2.18. The van der Waals surface area contributed by atoms with Crippen molar-refractivity contribution in [3.05, 3.63) is 193 Å². The summed E-state index contributed by atoms with van der Waals surface area (Å²) in [5.74, 6) is 0. The molecule has 0 fully saturated rings. The summed E-state index contributed by atoms with van der Waals surface area (Å²) in [5, 5.41) is 17.1. The highest BCUT2D eigenvalue weighted by atomic mass is 16.3. The first kappa shape index (κ1) is 34.5. The van der Waals surface area contributed by atoms with Crippen molar-refractivity contribution in [3.63, 3.8) is 0 Å². The molecule has 5 heterocycles. The van der Waals surface area contributed by atoms with Gasteiger partial charge in [-0.15, -0.1) is 0 Å². The first-order chi connectivity index (χ1) is 30.6. The van der Waals surface area contributed by atoms with Crippen LogP contribution in [0.4, 0.5) is 0 Å². The number of rotatable bonds is 6. The van der Waals surface area contributed by atoms with E-state index in [-0.39, 0.29) is 0 Å². The number of hydrogen-bond acceptors (Lipinski definition) is 5. The molecule has 0 atom stereocenters. The quantitative estimate of drug-likeness (QED) is 0.167. The number of aromatic nitrogens is 2. The van der Waals surface area contributed by atoms with Gasteiger partial charge in [0.1, 0.15) is 33.4 Å². The zero-order valence-electron chi connectivity index (χ0n) is 33.2. The number of fused-ring (bicyclic) bond motifs is 12. The average molecular weight is 796 g/mol. The van der Waals surface area contributed by atoms with Gasteiger partial charge in [-0.05, 0) is 137 Å². The second-order valence-corrected chi connectivity index (χ2v) is 16.1. The molecule has 0 bridgehead atoms. The van der Waals surface area contributed by atoms with E-state index in [0.717, 1.165) is 112 Å². The number of para-hydroxylation sites is 3. The van der Waals surface area contributed by atoms with E-state index >= 15 is 0 Å². The van der Waals surface area contributed by atoms with Crippen molar-refractivity contribution in [2.45, 2.75) is 12.8 Å². The lowest BCUT2D eigenvalue weighted by Gasteiger charge is -2.08. The fourth-order valence-electron chi connectivity index (χ4n) is 9.62. The van der Waals surface area contributed by atoms with Crippen molar-refractivity contribution in [2.75, 3.05) is 0 Å². The fraction of sp³-hybridized carbons (Fsp3) is 0.0357. The van der Waals surface area contributed by atoms with Gasteiger partial charge in [0, 0.05) is 49.6 Å². The summed E-state index contributed by atoms with van der Waals surface area (Å²) in [6, 6.07) is 61.4. The van der Waals surface area contributed by atoms with Crippen LogP contribution in [0, 0.1) is 11.3 Å². The Labute approximate surface area is 354 Å². The Kier molecular flexibility index (Phi) is 7.39. The summed E-state index contributed by atoms with van der Waals surface area (Å²) in [4.78, 5) is 4.82. The second-order valence-electron chi connectivity index (χ2n) is 16.1. The molecule has 0 unspecified atom stereocenters. The number of nitrogens with zero attached hydrogens (tertiary/aromatic N) is 3. The molecule has 0 N–H and O–H groups in total. The largest absolute Gasteiger partial charge is 0.456 e. The molecular weight excluding hydrogens is 763 g/mol. The van der Waals surface area contributed by atoms with Crippen LogP contribution in [0.15, 0.2) is 189 Å². The van der Waals surface area contributed by atoms with Gasteiger partial charge in [0.05, 0.1) is 22.7 Å². The van der Waals surface area contributed by atoms with Crippen LogP contribution in [0.1, 0.15) is 16.7 Å². The molecule has 62 heavy (non-hydrogen) atoms. The summed E-state index contributed by atoms with van der Waals surface area (Å²) >= 11 is 0. The number of nitriles is 1. The third-order valence-corrected chi connectivity index (χ3v) is 12.6. The molecule has 6 nitrogen and oxygen atoms in total. The van der Waals surface area contributed by atoms with Gasteiger partial charge in [0.25, 0.3) is 0 Å². The standard InChI is InChI=1S/C56H33N3O3/c57-32-33-13-21-50-44(27-33)46-30-38(17-22-51(46)60-50)39-19-24-53-47(31-39)54-56(62-53)35(25-26-58-54)15-14-34-7-6-11-42-45-29-37(18-23-52(45)61-55(34)42)36-16-20-49-43(28-36)41-10-4-5-12-48(41)59(49)40-8-2-1-3-9-40/h1-13,16-31H,14-15H2. The van der Waals surface area contributed by atoms with Crippen LogP contribution in [-0.2, 0) is 12.8 Å². The molecule has 290 valence electrons.